The van der Waals surface area contributed by atoms with Gasteiger partial charge < -0.3 is 4.74 Å². The SMILES string of the molecule is CC(C)CCCC(C)CCCC(C)CCOCC(C)(C)CC(C)(C)C. The van der Waals surface area contributed by atoms with Gasteiger partial charge in [0.05, 0.1) is 6.61 Å². The summed E-state index contributed by atoms with van der Waals surface area (Å²) in [5.74, 6) is 2.56. The Bertz CT molecular complexity index is 311. The van der Waals surface area contributed by atoms with Crippen LogP contribution in [0, 0.1) is 28.6 Å². The molecule has 0 amide bonds. The number of hydrogen-bond donors (Lipinski definition) is 0. The van der Waals surface area contributed by atoms with Crippen LogP contribution in [0.3, 0.4) is 0 Å². The summed E-state index contributed by atoms with van der Waals surface area (Å²) in [6.45, 7) is 22.9. The smallest absolute Gasteiger partial charge is 0.0517 e. The first-order valence-electron chi connectivity index (χ1n) is 11.0. The Morgan fingerprint density at radius 3 is 1.64 bits per heavy atom. The molecule has 2 atom stereocenters. The maximum Gasteiger partial charge on any atom is 0.0517 e. The lowest BCUT2D eigenvalue weighted by Crippen LogP contribution is -2.26. The third-order valence-electron chi connectivity index (χ3n) is 5.13. The van der Waals surface area contributed by atoms with Crippen LogP contribution in [-0.4, -0.2) is 13.2 Å². The fraction of sp³-hybridized carbons (Fsp3) is 1.00. The molecule has 0 aliphatic carbocycles. The largest absolute Gasteiger partial charge is 0.381 e. The summed E-state index contributed by atoms with van der Waals surface area (Å²) in [4.78, 5) is 0. The van der Waals surface area contributed by atoms with Gasteiger partial charge >= 0.3 is 0 Å². The maximum absolute atomic E-state index is 6.02. The molecule has 0 aromatic carbocycles. The average molecular weight is 355 g/mol. The van der Waals surface area contributed by atoms with Crippen molar-refractivity contribution in [2.24, 2.45) is 28.6 Å². The molecule has 152 valence electrons. The zero-order valence-electron chi connectivity index (χ0n) is 19.2. The van der Waals surface area contributed by atoms with E-state index in [1.165, 1.54) is 51.4 Å². The van der Waals surface area contributed by atoms with Crippen LogP contribution < -0.4 is 0 Å². The highest BCUT2D eigenvalue weighted by Crippen LogP contribution is 2.33. The quantitative estimate of drug-likeness (QED) is 0.286. The van der Waals surface area contributed by atoms with Crippen molar-refractivity contribution in [1.82, 2.24) is 0 Å². The predicted octanol–water partition coefficient (Wildman–Crippen LogP) is 8.12. The molecule has 0 bridgehead atoms. The van der Waals surface area contributed by atoms with Gasteiger partial charge in [0.25, 0.3) is 0 Å². The zero-order chi connectivity index (χ0) is 19.5. The van der Waals surface area contributed by atoms with Gasteiger partial charge in [-0.3, -0.25) is 0 Å². The second kappa shape index (κ2) is 12.4. The van der Waals surface area contributed by atoms with Crippen LogP contribution >= 0.6 is 0 Å². The van der Waals surface area contributed by atoms with Crippen LogP contribution in [0.25, 0.3) is 0 Å². The summed E-state index contributed by atoms with van der Waals surface area (Å²) in [6, 6.07) is 0. The van der Waals surface area contributed by atoms with Gasteiger partial charge in [0.15, 0.2) is 0 Å². The highest BCUT2D eigenvalue weighted by Gasteiger charge is 2.25. The molecule has 0 saturated carbocycles. The molecule has 0 saturated heterocycles. The normalized spacial score (nSPS) is 15.6. The summed E-state index contributed by atoms with van der Waals surface area (Å²) in [5.41, 5.74) is 0.666. The highest BCUT2D eigenvalue weighted by molar-refractivity contribution is 4.76. The number of ether oxygens (including phenoxy) is 1. The van der Waals surface area contributed by atoms with Gasteiger partial charge in [-0.15, -0.1) is 0 Å². The Kier molecular flexibility index (Phi) is 12.3. The fourth-order valence-corrected chi connectivity index (χ4v) is 4.10. The monoisotopic (exact) mass is 354 g/mol. The Balaban J connectivity index is 3.69. The van der Waals surface area contributed by atoms with Crippen LogP contribution in [0.4, 0.5) is 0 Å². The lowest BCUT2D eigenvalue weighted by atomic mass is 9.77. The summed E-state index contributed by atoms with van der Waals surface area (Å²) in [7, 11) is 0. The van der Waals surface area contributed by atoms with E-state index in [2.05, 4.69) is 62.3 Å². The van der Waals surface area contributed by atoms with Crippen molar-refractivity contribution in [3.63, 3.8) is 0 Å². The van der Waals surface area contributed by atoms with Crippen LogP contribution in [-0.2, 0) is 4.74 Å². The van der Waals surface area contributed by atoms with E-state index in [0.717, 1.165) is 31.0 Å². The van der Waals surface area contributed by atoms with Crippen molar-refractivity contribution in [3.05, 3.63) is 0 Å². The second-order valence-electron chi connectivity index (χ2n) is 11.2. The molecule has 1 heteroatoms. The van der Waals surface area contributed by atoms with Crippen molar-refractivity contribution < 1.29 is 4.74 Å². The van der Waals surface area contributed by atoms with Gasteiger partial charge in [0, 0.05) is 6.61 Å². The topological polar surface area (TPSA) is 9.23 Å². The van der Waals surface area contributed by atoms with Crippen molar-refractivity contribution in [1.29, 1.82) is 0 Å². The van der Waals surface area contributed by atoms with Crippen molar-refractivity contribution >= 4 is 0 Å². The van der Waals surface area contributed by atoms with E-state index in [0.29, 0.717) is 5.41 Å². The van der Waals surface area contributed by atoms with Crippen LogP contribution in [0.2, 0.25) is 0 Å². The van der Waals surface area contributed by atoms with Crippen LogP contribution in [0.1, 0.15) is 114 Å². The van der Waals surface area contributed by atoms with Gasteiger partial charge in [-0.2, -0.15) is 0 Å². The second-order valence-corrected chi connectivity index (χ2v) is 11.2. The van der Waals surface area contributed by atoms with Gasteiger partial charge in [-0.05, 0) is 41.4 Å². The van der Waals surface area contributed by atoms with E-state index < -0.39 is 0 Å². The van der Waals surface area contributed by atoms with E-state index in [4.69, 9.17) is 4.74 Å². The highest BCUT2D eigenvalue weighted by atomic mass is 16.5. The summed E-state index contributed by atoms with van der Waals surface area (Å²) in [6.07, 6.45) is 10.8. The predicted molar refractivity (Wildman–Crippen MR) is 114 cm³/mol. The minimum absolute atomic E-state index is 0.285. The first-order valence-corrected chi connectivity index (χ1v) is 11.0. The van der Waals surface area contributed by atoms with E-state index in [1.807, 2.05) is 0 Å². The first-order chi connectivity index (χ1) is 11.4. The van der Waals surface area contributed by atoms with E-state index in [1.54, 1.807) is 0 Å². The lowest BCUT2D eigenvalue weighted by Gasteiger charge is -2.32. The lowest BCUT2D eigenvalue weighted by molar-refractivity contribution is 0.0338. The van der Waals surface area contributed by atoms with E-state index >= 15 is 0 Å². The van der Waals surface area contributed by atoms with E-state index in [9.17, 15) is 0 Å². The average Bonchev–Trinajstić information content (AvgIpc) is 2.40. The molecular formula is C24H50O. The first kappa shape index (κ1) is 25.0. The minimum atomic E-state index is 0.285. The molecule has 0 aromatic rings. The van der Waals surface area contributed by atoms with Gasteiger partial charge in [-0.1, -0.05) is 101 Å². The van der Waals surface area contributed by atoms with E-state index in [-0.39, 0.29) is 5.41 Å². The third-order valence-corrected chi connectivity index (χ3v) is 5.13. The molecule has 0 aliphatic rings. The molecule has 0 aliphatic heterocycles. The van der Waals surface area contributed by atoms with Crippen molar-refractivity contribution in [2.75, 3.05) is 13.2 Å². The maximum atomic E-state index is 6.02. The Morgan fingerprint density at radius 1 is 0.680 bits per heavy atom. The van der Waals surface area contributed by atoms with Crippen molar-refractivity contribution in [2.45, 2.75) is 114 Å². The summed E-state index contributed by atoms with van der Waals surface area (Å²) < 4.78 is 6.02. The Morgan fingerprint density at radius 2 is 1.16 bits per heavy atom. The molecular weight excluding hydrogens is 304 g/mol. The molecule has 0 radical (unpaired) electrons. The van der Waals surface area contributed by atoms with Gasteiger partial charge in [0.2, 0.25) is 0 Å². The third kappa shape index (κ3) is 17.1. The van der Waals surface area contributed by atoms with Crippen LogP contribution in [0.5, 0.6) is 0 Å². The van der Waals surface area contributed by atoms with Crippen molar-refractivity contribution in [3.8, 4) is 0 Å². The molecule has 0 aromatic heterocycles. The molecule has 0 spiro atoms. The summed E-state index contributed by atoms with van der Waals surface area (Å²) in [5, 5.41) is 0. The number of rotatable bonds is 14. The van der Waals surface area contributed by atoms with Crippen LogP contribution in [0.15, 0.2) is 0 Å². The minimum Gasteiger partial charge on any atom is -0.381 e. The molecule has 0 fully saturated rings. The molecule has 0 heterocycles. The molecule has 0 rings (SSSR count). The Labute approximate surface area is 160 Å². The molecule has 25 heavy (non-hydrogen) atoms. The molecule has 2 unspecified atom stereocenters. The summed E-state index contributed by atoms with van der Waals surface area (Å²) >= 11 is 0. The molecule has 1 nitrogen and oxygen atoms in total. The van der Waals surface area contributed by atoms with Gasteiger partial charge in [0.1, 0.15) is 0 Å². The molecule has 0 N–H and O–H groups in total. The fourth-order valence-electron chi connectivity index (χ4n) is 4.10. The standard InChI is InChI=1S/C24H50O/c1-20(2)12-10-13-21(3)14-11-15-22(4)16-17-25-19-24(8,9)18-23(5,6)7/h20-22H,10-19H2,1-9H3. The van der Waals surface area contributed by atoms with Gasteiger partial charge in [-0.25, -0.2) is 0 Å². The zero-order valence-corrected chi connectivity index (χ0v) is 19.2. The Hall–Kier alpha value is -0.0400. The number of hydrogen-bond acceptors (Lipinski definition) is 1.